The smallest absolute Gasteiger partial charge is 0.347 e. The van der Waals surface area contributed by atoms with Crippen molar-refractivity contribution in [1.29, 1.82) is 0 Å². The largest absolute Gasteiger partial charge is 0.422 e. The van der Waals surface area contributed by atoms with Crippen LogP contribution >= 0.6 is 7.26 Å². The Morgan fingerprint density at radius 3 is 1.68 bits per heavy atom. The van der Waals surface area contributed by atoms with Crippen LogP contribution in [0.5, 0.6) is 0 Å². The van der Waals surface area contributed by atoms with Gasteiger partial charge in [0.2, 0.25) is 5.78 Å². The van der Waals surface area contributed by atoms with Crippen LogP contribution in [0.25, 0.3) is 21.7 Å². The van der Waals surface area contributed by atoms with Gasteiger partial charge >= 0.3 is 5.63 Å². The number of fused-ring (bicyclic) bond motifs is 3. The van der Waals surface area contributed by atoms with Crippen LogP contribution in [0.2, 0.25) is 0 Å². The number of hydrogen-bond donors (Lipinski definition) is 0. The second-order valence-corrected chi connectivity index (χ2v) is 12.5. The highest BCUT2D eigenvalue weighted by molar-refractivity contribution is 7.96. The van der Waals surface area contributed by atoms with E-state index in [1.54, 1.807) is 12.1 Å². The molecule has 5 aromatic carbocycles. The first-order chi connectivity index (χ1) is 18.2. The lowest BCUT2D eigenvalue weighted by molar-refractivity contribution is 0.101. The van der Waals surface area contributed by atoms with Crippen molar-refractivity contribution in [3.63, 3.8) is 0 Å². The zero-order chi connectivity index (χ0) is 25.2. The predicted octanol–water partition coefficient (Wildman–Crippen LogP) is 6.12. The molecule has 4 heteroatoms. The van der Waals surface area contributed by atoms with E-state index >= 15 is 0 Å². The molecule has 6 aromatic rings. The third-order valence-electron chi connectivity index (χ3n) is 6.91. The number of hydrogen-bond acceptors (Lipinski definition) is 3. The van der Waals surface area contributed by atoms with Gasteiger partial charge in [0.05, 0.1) is 0 Å². The van der Waals surface area contributed by atoms with Crippen molar-refractivity contribution in [2.45, 2.75) is 0 Å². The van der Waals surface area contributed by atoms with Crippen LogP contribution < -0.4 is 21.5 Å². The van der Waals surface area contributed by atoms with Crippen molar-refractivity contribution in [2.24, 2.45) is 0 Å². The predicted molar refractivity (Wildman–Crippen MR) is 154 cm³/mol. The third kappa shape index (κ3) is 4.08. The van der Waals surface area contributed by atoms with Gasteiger partial charge in [-0.2, -0.15) is 0 Å². The fraction of sp³-hybridized carbons (Fsp3) is 0.0303. The topological polar surface area (TPSA) is 47.3 Å². The van der Waals surface area contributed by atoms with Crippen molar-refractivity contribution in [2.75, 3.05) is 6.16 Å². The molecule has 0 unspecified atom stereocenters. The van der Waals surface area contributed by atoms with Gasteiger partial charge in [-0.1, -0.05) is 84.9 Å². The fourth-order valence-electron chi connectivity index (χ4n) is 5.13. The quantitative estimate of drug-likeness (QED) is 0.120. The van der Waals surface area contributed by atoms with Crippen molar-refractivity contribution in [3.05, 3.63) is 149 Å². The molecule has 0 spiro atoms. The summed E-state index contributed by atoms with van der Waals surface area (Å²) in [5.41, 5.74) is -0.0217. The molecule has 0 amide bonds. The normalized spacial score (nSPS) is 11.6. The average Bonchev–Trinajstić information content (AvgIpc) is 2.96. The first kappa shape index (κ1) is 23.1. The molecule has 0 aliphatic rings. The summed E-state index contributed by atoms with van der Waals surface area (Å²) < 4.78 is 5.69. The highest BCUT2D eigenvalue weighted by atomic mass is 31.2. The first-order valence-corrected chi connectivity index (χ1v) is 14.2. The monoisotopic (exact) mass is 499 g/mol. The Balaban J connectivity index is 1.57. The Morgan fingerprint density at radius 1 is 0.595 bits per heavy atom. The average molecular weight is 500 g/mol. The molecule has 0 radical (unpaired) electrons. The molecule has 0 aliphatic heterocycles. The maximum atomic E-state index is 14.1. The fourth-order valence-corrected chi connectivity index (χ4v) is 9.22. The minimum absolute atomic E-state index is 0.0935. The maximum absolute atomic E-state index is 14.1. The molecule has 0 saturated carbocycles. The van der Waals surface area contributed by atoms with Gasteiger partial charge in [-0.25, -0.2) is 4.79 Å². The van der Waals surface area contributed by atoms with Crippen molar-refractivity contribution >= 4 is 50.7 Å². The molecule has 1 heterocycles. The molecule has 0 fully saturated rings. The Hall–Kier alpha value is -4.33. The number of rotatable bonds is 6. The van der Waals surface area contributed by atoms with E-state index in [4.69, 9.17) is 4.42 Å². The number of ketones is 1. The van der Waals surface area contributed by atoms with E-state index in [-0.39, 0.29) is 17.5 Å². The summed E-state index contributed by atoms with van der Waals surface area (Å²) in [5.74, 6) is -0.214. The second kappa shape index (κ2) is 9.61. The molecule has 0 aliphatic carbocycles. The summed E-state index contributed by atoms with van der Waals surface area (Å²) in [5, 5.41) is 6.03. The highest BCUT2D eigenvalue weighted by Crippen LogP contribution is 2.55. The molecule has 0 atom stereocenters. The van der Waals surface area contributed by atoms with Crippen LogP contribution in [0.1, 0.15) is 10.4 Å². The van der Waals surface area contributed by atoms with Gasteiger partial charge in [0.25, 0.3) is 0 Å². The van der Waals surface area contributed by atoms with Gasteiger partial charge < -0.3 is 4.42 Å². The maximum Gasteiger partial charge on any atom is 0.347 e. The molecular weight excluding hydrogens is 475 g/mol. The van der Waals surface area contributed by atoms with Crippen molar-refractivity contribution < 1.29 is 9.21 Å². The van der Waals surface area contributed by atoms with E-state index in [0.29, 0.717) is 5.58 Å². The molecule has 178 valence electrons. The minimum Gasteiger partial charge on any atom is -0.422 e. The van der Waals surface area contributed by atoms with E-state index in [2.05, 4.69) is 36.4 Å². The lowest BCUT2D eigenvalue weighted by Crippen LogP contribution is -2.36. The summed E-state index contributed by atoms with van der Waals surface area (Å²) in [4.78, 5) is 27.3. The number of benzene rings is 5. The zero-order valence-electron chi connectivity index (χ0n) is 20.1. The summed E-state index contributed by atoms with van der Waals surface area (Å²) in [6, 6.07) is 44.0. The number of Topliss-reactive ketones (excluding diaryl/α,β-unsaturated/α-hetero) is 1. The van der Waals surface area contributed by atoms with Gasteiger partial charge in [0, 0.05) is 5.39 Å². The lowest BCUT2D eigenvalue weighted by atomic mass is 10.0. The third-order valence-corrected chi connectivity index (χ3v) is 11.2. The van der Waals surface area contributed by atoms with E-state index in [1.165, 1.54) is 0 Å². The SMILES string of the molecule is O=C(C[P+](c1ccccc1)(c1ccccc1)c1ccccc1)c1cc2c(ccc3ccccc32)oc1=O. The highest BCUT2D eigenvalue weighted by Gasteiger charge is 2.47. The molecule has 0 bridgehead atoms. The Morgan fingerprint density at radius 2 is 1.11 bits per heavy atom. The summed E-state index contributed by atoms with van der Waals surface area (Å²) >= 11 is 0. The van der Waals surface area contributed by atoms with Crippen LogP contribution in [0, 0.1) is 0 Å². The van der Waals surface area contributed by atoms with Crippen molar-refractivity contribution in [1.82, 2.24) is 0 Å². The molecule has 0 saturated heterocycles. The Bertz CT molecular complexity index is 1680. The van der Waals surface area contributed by atoms with Gasteiger partial charge in [0.15, 0.2) is 0 Å². The van der Waals surface area contributed by atoms with Crippen LogP contribution in [-0.2, 0) is 0 Å². The molecular formula is C33H24O3P+. The van der Waals surface area contributed by atoms with E-state index in [0.717, 1.165) is 32.1 Å². The molecule has 6 rings (SSSR count). The number of carbonyl (C=O) groups is 1. The molecule has 1 aromatic heterocycles. The van der Waals surface area contributed by atoms with Gasteiger partial charge in [0.1, 0.15) is 40.5 Å². The van der Waals surface area contributed by atoms with Crippen LogP contribution in [0.15, 0.2) is 143 Å². The molecule has 3 nitrogen and oxygen atoms in total. The minimum atomic E-state index is -2.43. The standard InChI is InChI=1S/C33H24O3P/c34-31(30-22-29-28-19-11-10-12-24(28)20-21-32(29)36-33(30)35)23-37(25-13-4-1-5-14-25,26-15-6-2-7-16-26)27-17-8-3-9-18-27/h1-22H,23H2/q+1. The number of carbonyl (C=O) groups excluding carboxylic acids is 1. The van der Waals surface area contributed by atoms with Gasteiger partial charge in [-0.3, -0.25) is 4.79 Å². The first-order valence-electron chi connectivity index (χ1n) is 12.2. The van der Waals surface area contributed by atoms with Crippen LogP contribution in [0.4, 0.5) is 0 Å². The Kier molecular flexibility index (Phi) is 6.00. The molecule has 37 heavy (non-hydrogen) atoms. The zero-order valence-corrected chi connectivity index (χ0v) is 21.0. The Labute approximate surface area is 215 Å². The van der Waals surface area contributed by atoms with Crippen LogP contribution in [-0.4, -0.2) is 11.9 Å². The van der Waals surface area contributed by atoms with E-state index < -0.39 is 12.9 Å². The van der Waals surface area contributed by atoms with Crippen LogP contribution in [0.3, 0.4) is 0 Å². The second-order valence-electron chi connectivity index (χ2n) is 9.04. The van der Waals surface area contributed by atoms with E-state index in [1.807, 2.05) is 84.9 Å². The summed E-state index contributed by atoms with van der Waals surface area (Å²) in [6.45, 7) is 0. The van der Waals surface area contributed by atoms with Gasteiger partial charge in [-0.05, 0) is 59.3 Å². The van der Waals surface area contributed by atoms with E-state index in [9.17, 15) is 9.59 Å². The molecule has 0 N–H and O–H groups in total. The summed E-state index contributed by atoms with van der Waals surface area (Å²) in [7, 11) is -2.43. The van der Waals surface area contributed by atoms with Gasteiger partial charge in [-0.15, -0.1) is 0 Å². The summed E-state index contributed by atoms with van der Waals surface area (Å²) in [6.07, 6.45) is 0.187. The lowest BCUT2D eigenvalue weighted by Gasteiger charge is -2.27. The van der Waals surface area contributed by atoms with Crippen molar-refractivity contribution in [3.8, 4) is 0 Å².